The summed E-state index contributed by atoms with van der Waals surface area (Å²) in [5.41, 5.74) is 5.22. The van der Waals surface area contributed by atoms with Crippen LogP contribution in [0.1, 0.15) is 23.0 Å². The summed E-state index contributed by atoms with van der Waals surface area (Å²) < 4.78 is 21.5. The van der Waals surface area contributed by atoms with E-state index in [-0.39, 0.29) is 18.1 Å². The Labute approximate surface area is 208 Å². The van der Waals surface area contributed by atoms with Gasteiger partial charge in [0.1, 0.15) is 5.75 Å². The SMILES string of the molecule is CCOc1cc(C=NNC(=O)COc2ccc(-c3ccccc3)cc2)ccc1OC(=O)c1ccco1. The molecule has 0 saturated carbocycles. The van der Waals surface area contributed by atoms with Gasteiger partial charge in [0.2, 0.25) is 5.76 Å². The second-order valence-electron chi connectivity index (χ2n) is 7.48. The van der Waals surface area contributed by atoms with Crippen LogP contribution in [0, 0.1) is 0 Å². The number of furan rings is 1. The number of nitrogens with one attached hydrogen (secondary N) is 1. The topological polar surface area (TPSA) is 99.4 Å². The molecule has 1 aromatic heterocycles. The maximum atomic E-state index is 12.2. The van der Waals surface area contributed by atoms with Gasteiger partial charge in [-0.15, -0.1) is 0 Å². The van der Waals surface area contributed by atoms with Crippen molar-refractivity contribution in [3.05, 3.63) is 103 Å². The maximum Gasteiger partial charge on any atom is 0.379 e. The number of carbonyl (C=O) groups is 2. The van der Waals surface area contributed by atoms with Gasteiger partial charge in [-0.05, 0) is 66.1 Å². The lowest BCUT2D eigenvalue weighted by molar-refractivity contribution is -0.123. The van der Waals surface area contributed by atoms with E-state index in [4.69, 9.17) is 18.6 Å². The summed E-state index contributed by atoms with van der Waals surface area (Å²) in [5, 5.41) is 3.96. The van der Waals surface area contributed by atoms with E-state index in [1.54, 1.807) is 24.3 Å². The van der Waals surface area contributed by atoms with Crippen molar-refractivity contribution < 1.29 is 28.2 Å². The van der Waals surface area contributed by atoms with Crippen molar-refractivity contribution >= 4 is 18.1 Å². The fraction of sp³-hybridized carbons (Fsp3) is 0.107. The Morgan fingerprint density at radius 1 is 0.889 bits per heavy atom. The number of nitrogens with zero attached hydrogens (tertiary/aromatic N) is 1. The summed E-state index contributed by atoms with van der Waals surface area (Å²) in [6.45, 7) is 1.99. The summed E-state index contributed by atoms with van der Waals surface area (Å²) in [4.78, 5) is 24.3. The van der Waals surface area contributed by atoms with E-state index in [0.29, 0.717) is 23.7 Å². The lowest BCUT2D eigenvalue weighted by Crippen LogP contribution is -2.24. The molecule has 0 atom stereocenters. The van der Waals surface area contributed by atoms with Gasteiger partial charge in [0.15, 0.2) is 18.1 Å². The Morgan fingerprint density at radius 3 is 2.39 bits per heavy atom. The van der Waals surface area contributed by atoms with Crippen molar-refractivity contribution in [1.29, 1.82) is 0 Å². The number of hydrogen-bond donors (Lipinski definition) is 1. The van der Waals surface area contributed by atoms with Crippen LogP contribution in [0.4, 0.5) is 0 Å². The molecule has 8 nitrogen and oxygen atoms in total. The Hall–Kier alpha value is -4.85. The van der Waals surface area contributed by atoms with E-state index in [2.05, 4.69) is 10.5 Å². The maximum absolute atomic E-state index is 12.2. The average Bonchev–Trinajstić information content (AvgIpc) is 3.45. The molecule has 182 valence electrons. The third kappa shape index (κ3) is 6.60. The number of benzene rings is 3. The lowest BCUT2D eigenvalue weighted by Gasteiger charge is -2.10. The van der Waals surface area contributed by atoms with E-state index < -0.39 is 11.9 Å². The first-order chi connectivity index (χ1) is 17.6. The molecule has 0 saturated heterocycles. The highest BCUT2D eigenvalue weighted by atomic mass is 16.6. The highest BCUT2D eigenvalue weighted by Gasteiger charge is 2.15. The number of hydrogen-bond acceptors (Lipinski definition) is 7. The van der Waals surface area contributed by atoms with Crippen LogP contribution in [-0.2, 0) is 4.79 Å². The van der Waals surface area contributed by atoms with Crippen LogP contribution in [0.3, 0.4) is 0 Å². The number of esters is 1. The monoisotopic (exact) mass is 484 g/mol. The summed E-state index contributed by atoms with van der Waals surface area (Å²) in [7, 11) is 0. The molecule has 0 aliphatic heterocycles. The normalized spacial score (nSPS) is 10.7. The molecule has 0 bridgehead atoms. The molecule has 1 amide bonds. The Balaban J connectivity index is 1.29. The molecule has 4 aromatic rings. The van der Waals surface area contributed by atoms with E-state index in [0.717, 1.165) is 11.1 Å². The number of hydrazone groups is 1. The Bertz CT molecular complexity index is 1320. The van der Waals surface area contributed by atoms with Crippen molar-refractivity contribution in [2.45, 2.75) is 6.92 Å². The average molecular weight is 485 g/mol. The molecule has 3 aromatic carbocycles. The van der Waals surface area contributed by atoms with Crippen LogP contribution in [0.2, 0.25) is 0 Å². The van der Waals surface area contributed by atoms with Gasteiger partial charge in [-0.2, -0.15) is 5.10 Å². The quantitative estimate of drug-likeness (QED) is 0.146. The van der Waals surface area contributed by atoms with Gasteiger partial charge in [-0.25, -0.2) is 10.2 Å². The van der Waals surface area contributed by atoms with E-state index in [1.807, 2.05) is 61.5 Å². The van der Waals surface area contributed by atoms with Gasteiger partial charge in [-0.3, -0.25) is 4.79 Å². The third-order valence-electron chi connectivity index (χ3n) is 4.93. The largest absolute Gasteiger partial charge is 0.490 e. The van der Waals surface area contributed by atoms with E-state index in [1.165, 1.54) is 18.5 Å². The van der Waals surface area contributed by atoms with Crippen LogP contribution in [-0.4, -0.2) is 31.3 Å². The number of amides is 1. The highest BCUT2D eigenvalue weighted by Crippen LogP contribution is 2.29. The fourth-order valence-electron chi connectivity index (χ4n) is 3.24. The van der Waals surface area contributed by atoms with Gasteiger partial charge in [-0.1, -0.05) is 42.5 Å². The van der Waals surface area contributed by atoms with Crippen molar-refractivity contribution in [2.75, 3.05) is 13.2 Å². The molecule has 36 heavy (non-hydrogen) atoms. The third-order valence-corrected chi connectivity index (χ3v) is 4.93. The molecule has 0 spiro atoms. The molecule has 0 radical (unpaired) electrons. The number of ether oxygens (including phenoxy) is 3. The van der Waals surface area contributed by atoms with E-state index >= 15 is 0 Å². The standard InChI is InChI=1S/C28H24N2O6/c1-2-33-26-17-20(10-15-24(26)36-28(32)25-9-6-16-34-25)18-29-30-27(31)19-35-23-13-11-22(12-14-23)21-7-4-3-5-8-21/h3-18H,2,19H2,1H3,(H,30,31). The molecular formula is C28H24N2O6. The van der Waals surface area contributed by atoms with Crippen LogP contribution in [0.5, 0.6) is 17.2 Å². The number of rotatable bonds is 10. The molecular weight excluding hydrogens is 460 g/mol. The minimum absolute atomic E-state index is 0.0835. The fourth-order valence-corrected chi connectivity index (χ4v) is 3.24. The predicted octanol–water partition coefficient (Wildman–Crippen LogP) is 5.09. The molecule has 1 N–H and O–H groups in total. The van der Waals surface area contributed by atoms with Gasteiger partial charge in [0, 0.05) is 0 Å². The zero-order valence-corrected chi connectivity index (χ0v) is 19.5. The second kappa shape index (κ2) is 12.0. The summed E-state index contributed by atoms with van der Waals surface area (Å²) in [5.74, 6) is 0.216. The molecule has 4 rings (SSSR count). The first kappa shape index (κ1) is 24.3. The summed E-state index contributed by atoms with van der Waals surface area (Å²) >= 11 is 0. The zero-order chi connectivity index (χ0) is 25.2. The van der Waals surface area contributed by atoms with Crippen LogP contribution >= 0.6 is 0 Å². The zero-order valence-electron chi connectivity index (χ0n) is 19.5. The Morgan fingerprint density at radius 2 is 1.67 bits per heavy atom. The van der Waals surface area contributed by atoms with Gasteiger partial charge in [0.05, 0.1) is 19.1 Å². The van der Waals surface area contributed by atoms with Crippen LogP contribution < -0.4 is 19.6 Å². The van der Waals surface area contributed by atoms with Crippen molar-refractivity contribution in [3.8, 4) is 28.4 Å². The summed E-state index contributed by atoms with van der Waals surface area (Å²) in [6, 6.07) is 25.5. The molecule has 8 heteroatoms. The van der Waals surface area contributed by atoms with Crippen molar-refractivity contribution in [1.82, 2.24) is 5.43 Å². The molecule has 1 heterocycles. The van der Waals surface area contributed by atoms with Gasteiger partial charge < -0.3 is 18.6 Å². The predicted molar refractivity (Wildman–Crippen MR) is 134 cm³/mol. The minimum Gasteiger partial charge on any atom is -0.490 e. The molecule has 0 unspecified atom stereocenters. The van der Waals surface area contributed by atoms with Gasteiger partial charge in [0.25, 0.3) is 5.91 Å². The van der Waals surface area contributed by atoms with Crippen molar-refractivity contribution in [2.24, 2.45) is 5.10 Å². The smallest absolute Gasteiger partial charge is 0.379 e. The second-order valence-corrected chi connectivity index (χ2v) is 7.48. The molecule has 0 aliphatic carbocycles. The molecule has 0 fully saturated rings. The first-order valence-electron chi connectivity index (χ1n) is 11.2. The minimum atomic E-state index is -0.635. The Kier molecular flexibility index (Phi) is 8.11. The van der Waals surface area contributed by atoms with Crippen molar-refractivity contribution in [3.63, 3.8) is 0 Å². The highest BCUT2D eigenvalue weighted by molar-refractivity contribution is 5.89. The van der Waals surface area contributed by atoms with E-state index in [9.17, 15) is 9.59 Å². The molecule has 0 aliphatic rings. The summed E-state index contributed by atoms with van der Waals surface area (Å²) in [6.07, 6.45) is 2.84. The first-order valence-corrected chi connectivity index (χ1v) is 11.2. The van der Waals surface area contributed by atoms with Gasteiger partial charge >= 0.3 is 5.97 Å². The lowest BCUT2D eigenvalue weighted by atomic mass is 10.1. The van der Waals surface area contributed by atoms with Crippen LogP contribution in [0.25, 0.3) is 11.1 Å². The number of carbonyl (C=O) groups excluding carboxylic acids is 2. The van der Waals surface area contributed by atoms with Crippen LogP contribution in [0.15, 0.2) is 101 Å².